The summed E-state index contributed by atoms with van der Waals surface area (Å²) in [4.78, 5) is 48.3. The Morgan fingerprint density at radius 3 is 2.58 bits per heavy atom. The molecule has 2 heterocycles. The lowest BCUT2D eigenvalue weighted by Crippen LogP contribution is -2.70. The van der Waals surface area contributed by atoms with Crippen LogP contribution >= 0.6 is 27.7 Å². The van der Waals surface area contributed by atoms with E-state index < -0.39 is 35.2 Å². The number of nitrogens with one attached hydrogen (secondary N) is 1. The van der Waals surface area contributed by atoms with Crippen molar-refractivity contribution in [3.8, 4) is 0 Å². The Balaban J connectivity index is 1.70. The summed E-state index contributed by atoms with van der Waals surface area (Å²) in [7, 11) is 0. The van der Waals surface area contributed by atoms with Crippen molar-refractivity contribution in [1.29, 1.82) is 0 Å². The van der Waals surface area contributed by atoms with Crippen molar-refractivity contribution in [3.63, 3.8) is 0 Å². The SMILES string of the molecule is O=C(Cc1ccccc1C(=O)O)NC1C(=O)N2C(C(=O)O)=C(Br)CSC12. The highest BCUT2D eigenvalue weighted by molar-refractivity contribution is 9.11. The van der Waals surface area contributed by atoms with Gasteiger partial charge in [-0.05, 0) is 11.6 Å². The van der Waals surface area contributed by atoms with Crippen LogP contribution in [0.3, 0.4) is 0 Å². The number of amides is 2. The van der Waals surface area contributed by atoms with Gasteiger partial charge in [-0.3, -0.25) is 14.5 Å². The van der Waals surface area contributed by atoms with Crippen LogP contribution in [0, 0.1) is 0 Å². The molecule has 2 atom stereocenters. The Labute approximate surface area is 160 Å². The second-order valence-electron chi connectivity index (χ2n) is 5.65. The largest absolute Gasteiger partial charge is 0.478 e. The second kappa shape index (κ2) is 7.12. The molecule has 1 aromatic carbocycles. The Hall–Kier alpha value is -2.33. The molecule has 3 N–H and O–H groups in total. The predicted molar refractivity (Wildman–Crippen MR) is 95.7 cm³/mol. The number of carbonyl (C=O) groups excluding carboxylic acids is 2. The molecule has 0 aromatic heterocycles. The molecular weight excluding hydrogens is 428 g/mol. The van der Waals surface area contributed by atoms with Crippen LogP contribution in [-0.4, -0.2) is 56.0 Å². The van der Waals surface area contributed by atoms with Gasteiger partial charge in [0.05, 0.1) is 12.0 Å². The third kappa shape index (κ3) is 3.21. The maximum Gasteiger partial charge on any atom is 0.353 e. The summed E-state index contributed by atoms with van der Waals surface area (Å²) in [6.45, 7) is 0. The Morgan fingerprint density at radius 2 is 1.92 bits per heavy atom. The molecule has 8 nitrogen and oxygen atoms in total. The highest BCUT2D eigenvalue weighted by Crippen LogP contribution is 2.41. The third-order valence-electron chi connectivity index (χ3n) is 4.04. The number of aliphatic carboxylic acids is 1. The van der Waals surface area contributed by atoms with Crippen LogP contribution in [0.5, 0.6) is 0 Å². The molecule has 1 saturated heterocycles. The van der Waals surface area contributed by atoms with Gasteiger partial charge in [0.1, 0.15) is 17.1 Å². The number of rotatable bonds is 5. The van der Waals surface area contributed by atoms with Crippen LogP contribution < -0.4 is 5.32 Å². The van der Waals surface area contributed by atoms with Crippen molar-refractivity contribution in [2.75, 3.05) is 5.75 Å². The maximum atomic E-state index is 12.3. The predicted octanol–water partition coefficient (Wildman–Crippen LogP) is 1.02. The van der Waals surface area contributed by atoms with Gasteiger partial charge >= 0.3 is 11.9 Å². The van der Waals surface area contributed by atoms with Crippen LogP contribution in [0.25, 0.3) is 0 Å². The first kappa shape index (κ1) is 18.5. The summed E-state index contributed by atoms with van der Waals surface area (Å²) in [6.07, 6.45) is -0.186. The lowest BCUT2D eigenvalue weighted by Gasteiger charge is -2.48. The first-order valence-corrected chi connectivity index (χ1v) is 9.32. The summed E-state index contributed by atoms with van der Waals surface area (Å²) in [5.74, 6) is -2.97. The summed E-state index contributed by atoms with van der Waals surface area (Å²) in [6, 6.07) is 5.30. The number of β-lactam (4-membered cyclic amide) rings is 1. The van der Waals surface area contributed by atoms with Crippen LogP contribution in [-0.2, 0) is 20.8 Å². The molecule has 0 bridgehead atoms. The zero-order valence-electron chi connectivity index (χ0n) is 13.1. The van der Waals surface area contributed by atoms with E-state index in [1.165, 1.54) is 23.9 Å². The molecule has 0 radical (unpaired) electrons. The van der Waals surface area contributed by atoms with Gasteiger partial charge in [-0.1, -0.05) is 34.1 Å². The quantitative estimate of drug-likeness (QED) is 0.583. The molecule has 2 amide bonds. The number of thioether (sulfide) groups is 1. The van der Waals surface area contributed by atoms with E-state index in [4.69, 9.17) is 5.11 Å². The molecule has 1 aromatic rings. The first-order valence-electron chi connectivity index (χ1n) is 7.48. The molecule has 10 heteroatoms. The first-order chi connectivity index (χ1) is 12.3. The third-order valence-corrected chi connectivity index (χ3v) is 6.35. The van der Waals surface area contributed by atoms with E-state index in [1.807, 2.05) is 0 Å². The van der Waals surface area contributed by atoms with E-state index in [0.29, 0.717) is 15.8 Å². The van der Waals surface area contributed by atoms with Gasteiger partial charge in [0.2, 0.25) is 5.91 Å². The number of nitrogens with zero attached hydrogens (tertiary/aromatic N) is 1. The Kier molecular flexibility index (Phi) is 5.05. The molecule has 0 spiro atoms. The molecule has 2 aliphatic rings. The monoisotopic (exact) mass is 440 g/mol. The number of benzene rings is 1. The minimum Gasteiger partial charge on any atom is -0.478 e. The van der Waals surface area contributed by atoms with Gasteiger partial charge in [-0.2, -0.15) is 0 Å². The fourth-order valence-corrected chi connectivity index (χ4v) is 4.81. The van der Waals surface area contributed by atoms with Gasteiger partial charge in [-0.25, -0.2) is 9.59 Å². The normalized spacial score (nSPS) is 21.7. The Morgan fingerprint density at radius 1 is 1.23 bits per heavy atom. The summed E-state index contributed by atoms with van der Waals surface area (Å²) in [5, 5.41) is 20.5. The van der Waals surface area contributed by atoms with Crippen molar-refractivity contribution in [3.05, 3.63) is 45.6 Å². The van der Waals surface area contributed by atoms with Crippen molar-refractivity contribution in [2.24, 2.45) is 0 Å². The number of aromatic carboxylic acids is 1. The van der Waals surface area contributed by atoms with Crippen molar-refractivity contribution in [2.45, 2.75) is 17.8 Å². The lowest BCUT2D eigenvalue weighted by atomic mass is 10.0. The van der Waals surface area contributed by atoms with Gasteiger partial charge < -0.3 is 15.5 Å². The zero-order chi connectivity index (χ0) is 19.0. The average Bonchev–Trinajstić information content (AvgIpc) is 2.59. The number of fused-ring (bicyclic) bond motifs is 1. The molecule has 0 aliphatic carbocycles. The smallest absolute Gasteiger partial charge is 0.353 e. The second-order valence-corrected chi connectivity index (χ2v) is 7.71. The van der Waals surface area contributed by atoms with E-state index in [0.717, 1.165) is 4.90 Å². The number of hydrogen-bond acceptors (Lipinski definition) is 5. The van der Waals surface area contributed by atoms with E-state index in [9.17, 15) is 24.3 Å². The van der Waals surface area contributed by atoms with Crippen molar-refractivity contribution >= 4 is 51.4 Å². The highest BCUT2D eigenvalue weighted by Gasteiger charge is 2.54. The minimum atomic E-state index is -1.21. The van der Waals surface area contributed by atoms with Crippen LogP contribution in [0.2, 0.25) is 0 Å². The molecular formula is C16H13BrN2O6S. The lowest BCUT2D eigenvalue weighted by molar-refractivity contribution is -0.150. The number of carboxylic acid groups (broad SMARTS) is 2. The van der Waals surface area contributed by atoms with Crippen LogP contribution in [0.15, 0.2) is 34.4 Å². The summed E-state index contributed by atoms with van der Waals surface area (Å²) < 4.78 is 0.416. The molecule has 3 rings (SSSR count). The highest BCUT2D eigenvalue weighted by atomic mass is 79.9. The Bertz CT molecular complexity index is 855. The molecule has 136 valence electrons. The maximum absolute atomic E-state index is 12.3. The van der Waals surface area contributed by atoms with Gasteiger partial charge in [-0.15, -0.1) is 11.8 Å². The number of carbonyl (C=O) groups is 4. The molecule has 2 aliphatic heterocycles. The molecule has 2 unspecified atom stereocenters. The van der Waals surface area contributed by atoms with Gasteiger partial charge in [0.15, 0.2) is 0 Å². The van der Waals surface area contributed by atoms with Crippen molar-refractivity contribution in [1.82, 2.24) is 10.2 Å². The number of hydrogen-bond donors (Lipinski definition) is 3. The number of carboxylic acids is 2. The zero-order valence-corrected chi connectivity index (χ0v) is 15.5. The van der Waals surface area contributed by atoms with E-state index in [-0.39, 0.29) is 17.7 Å². The van der Waals surface area contributed by atoms with E-state index >= 15 is 0 Å². The number of halogens is 1. The van der Waals surface area contributed by atoms with Crippen molar-refractivity contribution < 1.29 is 29.4 Å². The summed E-state index contributed by atoms with van der Waals surface area (Å²) >= 11 is 4.50. The van der Waals surface area contributed by atoms with E-state index in [1.54, 1.807) is 12.1 Å². The molecule has 26 heavy (non-hydrogen) atoms. The standard InChI is InChI=1S/C16H13BrN2O6S/c17-9-6-26-14-11(13(21)19(14)12(9)16(24)25)18-10(20)5-7-3-1-2-4-8(7)15(22)23/h1-4,11,14H,5-6H2,(H,18,20)(H,22,23)(H,24,25). The average molecular weight is 441 g/mol. The molecule has 0 saturated carbocycles. The van der Waals surface area contributed by atoms with Gasteiger partial charge in [0.25, 0.3) is 5.91 Å². The van der Waals surface area contributed by atoms with Gasteiger partial charge in [0, 0.05) is 10.2 Å². The van der Waals surface area contributed by atoms with Crippen LogP contribution in [0.1, 0.15) is 15.9 Å². The topological polar surface area (TPSA) is 124 Å². The fraction of sp³-hybridized carbons (Fsp3) is 0.250. The minimum absolute atomic E-state index is 0.0243. The van der Waals surface area contributed by atoms with E-state index in [2.05, 4.69) is 21.2 Å². The molecule has 1 fully saturated rings. The fourth-order valence-electron chi connectivity index (χ4n) is 2.86. The summed E-state index contributed by atoms with van der Waals surface area (Å²) in [5.41, 5.74) is 0.253. The van der Waals surface area contributed by atoms with Crippen LogP contribution in [0.4, 0.5) is 0 Å².